The third-order valence-electron chi connectivity index (χ3n) is 3.06. The van der Waals surface area contributed by atoms with Gasteiger partial charge in [0.1, 0.15) is 5.69 Å². The van der Waals surface area contributed by atoms with Gasteiger partial charge in [0.15, 0.2) is 6.61 Å². The lowest BCUT2D eigenvalue weighted by Gasteiger charge is -2.10. The molecule has 0 saturated carbocycles. The van der Waals surface area contributed by atoms with Crippen molar-refractivity contribution in [1.82, 2.24) is 5.32 Å². The zero-order valence-electron chi connectivity index (χ0n) is 12.9. The molecule has 25 heavy (non-hydrogen) atoms. The van der Waals surface area contributed by atoms with E-state index < -0.39 is 10.8 Å². The molecule has 0 aliphatic heterocycles. The molecule has 0 atom stereocenters. The van der Waals surface area contributed by atoms with Crippen molar-refractivity contribution >= 4 is 46.3 Å². The molecule has 130 valence electrons. The summed E-state index contributed by atoms with van der Waals surface area (Å²) in [4.78, 5) is 22.2. The molecular formula is C16H14ClN3O4S. The first kappa shape index (κ1) is 18.6. The van der Waals surface area contributed by atoms with Crippen LogP contribution in [0.1, 0.15) is 5.56 Å². The standard InChI is InChI=1S/C16H14ClN3O4S/c17-12-7-5-11(6-8-12)9-18-16(25)24-10-15(21)19-13-3-1-2-4-14(13)20(22)23/h1-8H,9-10H2,(H,18,25)(H,19,21). The first-order valence-electron chi connectivity index (χ1n) is 7.14. The van der Waals surface area contributed by atoms with Crippen LogP contribution in [0.3, 0.4) is 0 Å². The second-order valence-electron chi connectivity index (χ2n) is 4.88. The summed E-state index contributed by atoms with van der Waals surface area (Å²) >= 11 is 10.8. The van der Waals surface area contributed by atoms with Gasteiger partial charge < -0.3 is 15.4 Å². The first-order chi connectivity index (χ1) is 12.0. The third kappa shape index (κ3) is 6.02. The maximum Gasteiger partial charge on any atom is 0.292 e. The van der Waals surface area contributed by atoms with Gasteiger partial charge in [-0.05, 0) is 36.0 Å². The molecule has 0 bridgehead atoms. The number of amides is 1. The fourth-order valence-corrected chi connectivity index (χ4v) is 2.14. The zero-order chi connectivity index (χ0) is 18.2. The average Bonchev–Trinajstić information content (AvgIpc) is 2.59. The fraction of sp³-hybridized carbons (Fsp3) is 0.125. The highest BCUT2D eigenvalue weighted by Crippen LogP contribution is 2.22. The number of halogens is 1. The highest BCUT2D eigenvalue weighted by atomic mass is 35.5. The number of rotatable bonds is 6. The molecule has 2 N–H and O–H groups in total. The predicted molar refractivity (Wildman–Crippen MR) is 98.6 cm³/mol. The maximum atomic E-state index is 11.8. The molecule has 2 aromatic carbocycles. The van der Waals surface area contributed by atoms with Crippen molar-refractivity contribution in [3.05, 3.63) is 69.2 Å². The molecule has 9 heteroatoms. The first-order valence-corrected chi connectivity index (χ1v) is 7.92. The van der Waals surface area contributed by atoms with Gasteiger partial charge in [-0.1, -0.05) is 35.9 Å². The van der Waals surface area contributed by atoms with Gasteiger partial charge in [-0.2, -0.15) is 0 Å². The molecule has 0 heterocycles. The molecular weight excluding hydrogens is 366 g/mol. The monoisotopic (exact) mass is 379 g/mol. The smallest absolute Gasteiger partial charge is 0.292 e. The summed E-state index contributed by atoms with van der Waals surface area (Å²) in [6, 6.07) is 13.0. The van der Waals surface area contributed by atoms with E-state index in [0.29, 0.717) is 11.6 Å². The van der Waals surface area contributed by atoms with Crippen molar-refractivity contribution in [3.63, 3.8) is 0 Å². The Bertz CT molecular complexity index is 783. The molecule has 2 rings (SSSR count). The van der Waals surface area contributed by atoms with E-state index in [9.17, 15) is 14.9 Å². The minimum Gasteiger partial charge on any atom is -0.461 e. The summed E-state index contributed by atoms with van der Waals surface area (Å²) < 4.78 is 5.13. The number of nitro benzene ring substituents is 1. The fourth-order valence-electron chi connectivity index (χ4n) is 1.88. The van der Waals surface area contributed by atoms with Crippen LogP contribution in [0.15, 0.2) is 48.5 Å². The van der Waals surface area contributed by atoms with Crippen LogP contribution in [0.5, 0.6) is 0 Å². The van der Waals surface area contributed by atoms with Gasteiger partial charge in [-0.3, -0.25) is 14.9 Å². The minimum atomic E-state index is -0.575. The number of benzene rings is 2. The summed E-state index contributed by atoms with van der Waals surface area (Å²) in [6.45, 7) is 0.0558. The van der Waals surface area contributed by atoms with Gasteiger partial charge in [-0.25, -0.2) is 0 Å². The Morgan fingerprint density at radius 3 is 2.56 bits per heavy atom. The van der Waals surface area contributed by atoms with E-state index >= 15 is 0 Å². The number of carbonyl (C=O) groups is 1. The molecule has 0 unspecified atom stereocenters. The number of nitro groups is 1. The Morgan fingerprint density at radius 1 is 1.20 bits per heavy atom. The molecule has 0 saturated heterocycles. The van der Waals surface area contributed by atoms with Gasteiger partial charge in [0.2, 0.25) is 0 Å². The molecule has 7 nitrogen and oxygen atoms in total. The molecule has 2 aromatic rings. The number of thiocarbonyl (C=S) groups is 1. The summed E-state index contributed by atoms with van der Waals surface area (Å²) in [5, 5.41) is 16.8. The van der Waals surface area contributed by atoms with E-state index in [-0.39, 0.29) is 23.2 Å². The van der Waals surface area contributed by atoms with E-state index in [4.69, 9.17) is 28.6 Å². The van der Waals surface area contributed by atoms with Crippen LogP contribution in [-0.4, -0.2) is 22.6 Å². The van der Waals surface area contributed by atoms with Gasteiger partial charge >= 0.3 is 0 Å². The Balaban J connectivity index is 1.79. The van der Waals surface area contributed by atoms with E-state index in [1.807, 2.05) is 12.1 Å². The Morgan fingerprint density at radius 2 is 1.88 bits per heavy atom. The maximum absolute atomic E-state index is 11.8. The molecule has 0 aliphatic rings. The van der Waals surface area contributed by atoms with E-state index in [1.165, 1.54) is 18.2 Å². The van der Waals surface area contributed by atoms with Crippen LogP contribution >= 0.6 is 23.8 Å². The second-order valence-corrected chi connectivity index (χ2v) is 5.69. The van der Waals surface area contributed by atoms with Crippen LogP contribution < -0.4 is 10.6 Å². The average molecular weight is 380 g/mol. The number of hydrogen-bond donors (Lipinski definition) is 2. The number of carbonyl (C=O) groups excluding carboxylic acids is 1. The van der Waals surface area contributed by atoms with Crippen LogP contribution in [0.4, 0.5) is 11.4 Å². The highest BCUT2D eigenvalue weighted by molar-refractivity contribution is 7.80. The van der Waals surface area contributed by atoms with Crippen LogP contribution in [0.25, 0.3) is 0 Å². The SMILES string of the molecule is O=C(COC(=S)NCc1ccc(Cl)cc1)Nc1ccccc1[N+](=O)[O-]. The number of hydrogen-bond acceptors (Lipinski definition) is 5. The quantitative estimate of drug-likeness (QED) is 0.454. The molecule has 0 fully saturated rings. The summed E-state index contributed by atoms with van der Waals surface area (Å²) in [7, 11) is 0. The highest BCUT2D eigenvalue weighted by Gasteiger charge is 2.15. The van der Waals surface area contributed by atoms with Gasteiger partial charge in [0.05, 0.1) is 4.92 Å². The molecule has 0 aliphatic carbocycles. The molecule has 0 spiro atoms. The van der Waals surface area contributed by atoms with Crippen molar-refractivity contribution in [3.8, 4) is 0 Å². The van der Waals surface area contributed by atoms with E-state index in [1.54, 1.807) is 18.2 Å². The largest absolute Gasteiger partial charge is 0.461 e. The Hall–Kier alpha value is -2.71. The summed E-state index contributed by atoms with van der Waals surface area (Å²) in [5.41, 5.74) is 0.847. The minimum absolute atomic E-state index is 0.0488. The second kappa shape index (κ2) is 8.95. The zero-order valence-corrected chi connectivity index (χ0v) is 14.5. The lowest BCUT2D eigenvalue weighted by atomic mass is 10.2. The number of nitrogens with one attached hydrogen (secondary N) is 2. The van der Waals surface area contributed by atoms with Crippen molar-refractivity contribution in [2.75, 3.05) is 11.9 Å². The van der Waals surface area contributed by atoms with Crippen molar-refractivity contribution in [1.29, 1.82) is 0 Å². The number of nitrogens with zero attached hydrogens (tertiary/aromatic N) is 1. The lowest BCUT2D eigenvalue weighted by Crippen LogP contribution is -2.28. The van der Waals surface area contributed by atoms with E-state index in [0.717, 1.165) is 5.56 Å². The lowest BCUT2D eigenvalue weighted by molar-refractivity contribution is -0.383. The number of anilines is 1. The normalized spacial score (nSPS) is 9.96. The number of para-hydroxylation sites is 2. The summed E-state index contributed by atoms with van der Waals surface area (Å²) in [6.07, 6.45) is 0. The van der Waals surface area contributed by atoms with Crippen LogP contribution in [0, 0.1) is 10.1 Å². The predicted octanol–water partition coefficient (Wildman–Crippen LogP) is 3.28. The van der Waals surface area contributed by atoms with Gasteiger partial charge in [0.25, 0.3) is 16.8 Å². The molecule has 0 aromatic heterocycles. The topological polar surface area (TPSA) is 93.5 Å². The van der Waals surface area contributed by atoms with Gasteiger partial charge in [-0.15, -0.1) is 0 Å². The van der Waals surface area contributed by atoms with Gasteiger partial charge in [0, 0.05) is 17.6 Å². The summed E-state index contributed by atoms with van der Waals surface area (Å²) in [5.74, 6) is -0.551. The van der Waals surface area contributed by atoms with Crippen LogP contribution in [-0.2, 0) is 16.1 Å². The van der Waals surface area contributed by atoms with E-state index in [2.05, 4.69) is 10.6 Å². The Labute approximate surface area is 154 Å². The van der Waals surface area contributed by atoms with Crippen molar-refractivity contribution in [2.45, 2.75) is 6.54 Å². The molecule has 1 amide bonds. The van der Waals surface area contributed by atoms with Crippen molar-refractivity contribution in [2.24, 2.45) is 0 Å². The number of ether oxygens (including phenoxy) is 1. The molecule has 0 radical (unpaired) electrons. The van der Waals surface area contributed by atoms with Crippen molar-refractivity contribution < 1.29 is 14.5 Å². The Kier molecular flexibility index (Phi) is 6.67. The van der Waals surface area contributed by atoms with Crippen LogP contribution in [0.2, 0.25) is 5.02 Å². The third-order valence-corrected chi connectivity index (χ3v) is 3.57.